The molecular weight excluding hydrogens is 767 g/mol. The number of hydrogen-bond acceptors (Lipinski definition) is 4. The molecule has 0 saturated carbocycles. The Morgan fingerprint density at radius 3 is 1.71 bits per heavy atom. The zero-order valence-electron chi connectivity index (χ0n) is 34.1. The van der Waals surface area contributed by atoms with E-state index in [1.807, 2.05) is 36.7 Å². The minimum atomic E-state index is 0.804. The van der Waals surface area contributed by atoms with Gasteiger partial charge in [-0.05, 0) is 76.7 Å². The molecule has 5 aromatic heterocycles. The number of para-hydroxylation sites is 3. The second-order valence-electron chi connectivity index (χ2n) is 15.8. The molecule has 0 aliphatic heterocycles. The van der Waals surface area contributed by atoms with Gasteiger partial charge in [0.05, 0.1) is 45.0 Å². The van der Waals surface area contributed by atoms with Gasteiger partial charge < -0.3 is 4.57 Å². The summed E-state index contributed by atoms with van der Waals surface area (Å²) in [5, 5.41) is 5.86. The molecule has 5 heteroatoms. The lowest BCUT2D eigenvalue weighted by Crippen LogP contribution is -1.97. The average Bonchev–Trinajstić information content (AvgIpc) is 3.71. The van der Waals surface area contributed by atoms with E-state index in [9.17, 15) is 0 Å². The molecule has 5 heterocycles. The molecular formula is C58H37N5. The van der Waals surface area contributed by atoms with Gasteiger partial charge in [-0.25, -0.2) is 9.97 Å². The monoisotopic (exact) mass is 803 g/mol. The highest BCUT2D eigenvalue weighted by molar-refractivity contribution is 6.25. The Balaban J connectivity index is 1.02. The van der Waals surface area contributed by atoms with Gasteiger partial charge in [-0.2, -0.15) is 0 Å². The van der Waals surface area contributed by atoms with Crippen molar-refractivity contribution in [2.45, 2.75) is 0 Å². The van der Waals surface area contributed by atoms with Crippen LogP contribution in [-0.4, -0.2) is 24.5 Å². The first-order valence-electron chi connectivity index (χ1n) is 21.2. The highest BCUT2D eigenvalue weighted by atomic mass is 15.0. The van der Waals surface area contributed by atoms with Crippen LogP contribution in [0.5, 0.6) is 0 Å². The van der Waals surface area contributed by atoms with E-state index in [2.05, 4.69) is 198 Å². The van der Waals surface area contributed by atoms with Crippen molar-refractivity contribution < 1.29 is 0 Å². The van der Waals surface area contributed by atoms with Gasteiger partial charge in [0.2, 0.25) is 0 Å². The van der Waals surface area contributed by atoms with Crippen LogP contribution >= 0.6 is 0 Å². The van der Waals surface area contributed by atoms with Gasteiger partial charge in [-0.1, -0.05) is 158 Å². The van der Waals surface area contributed by atoms with Crippen molar-refractivity contribution >= 4 is 43.5 Å². The fourth-order valence-corrected chi connectivity index (χ4v) is 9.04. The fraction of sp³-hybridized carbons (Fsp3) is 0. The van der Waals surface area contributed by atoms with Crippen LogP contribution in [0.1, 0.15) is 0 Å². The van der Waals surface area contributed by atoms with E-state index in [1.54, 1.807) is 0 Å². The van der Waals surface area contributed by atoms with Gasteiger partial charge in [0.15, 0.2) is 0 Å². The van der Waals surface area contributed by atoms with Crippen LogP contribution in [0, 0.1) is 0 Å². The fourth-order valence-electron chi connectivity index (χ4n) is 9.04. The molecule has 294 valence electrons. The maximum atomic E-state index is 5.46. The molecule has 0 spiro atoms. The van der Waals surface area contributed by atoms with Crippen molar-refractivity contribution in [3.8, 4) is 73.1 Å². The van der Waals surface area contributed by atoms with Crippen LogP contribution in [0.3, 0.4) is 0 Å². The van der Waals surface area contributed by atoms with Crippen molar-refractivity contribution in [2.24, 2.45) is 0 Å². The third-order valence-corrected chi connectivity index (χ3v) is 12.1. The van der Waals surface area contributed by atoms with Crippen LogP contribution < -0.4 is 0 Å². The summed E-state index contributed by atoms with van der Waals surface area (Å²) >= 11 is 0. The average molecular weight is 804 g/mol. The highest BCUT2D eigenvalue weighted by Crippen LogP contribution is 2.43. The number of aromatic nitrogens is 5. The Morgan fingerprint density at radius 1 is 0.333 bits per heavy atom. The summed E-state index contributed by atoms with van der Waals surface area (Å²) in [7, 11) is 0. The zero-order chi connectivity index (χ0) is 41.7. The Bertz CT molecular complexity index is 3520. The summed E-state index contributed by atoms with van der Waals surface area (Å²) < 4.78 is 2.41. The molecule has 7 aromatic carbocycles. The standard InChI is InChI=1S/C58H37N5/c1-3-13-38(14-4-1)43-30-33-52(60-37-43)54-36-44(35-53(61-54)41-26-24-40(25-27-41)50-19-11-12-34-59-50)39-22-28-42(29-23-39)57-56-48(46-17-7-9-20-51(46)62-57)31-32-49-47-18-8-10-21-55(47)63(58(49)56)45-15-5-2-6-16-45/h1-37H. The van der Waals surface area contributed by atoms with Gasteiger partial charge >= 0.3 is 0 Å². The number of rotatable bonds is 7. The Kier molecular flexibility index (Phi) is 8.75. The van der Waals surface area contributed by atoms with Gasteiger partial charge in [-0.15, -0.1) is 0 Å². The van der Waals surface area contributed by atoms with Crippen LogP contribution in [0.15, 0.2) is 225 Å². The maximum absolute atomic E-state index is 5.46. The second-order valence-corrected chi connectivity index (χ2v) is 15.8. The molecule has 12 aromatic rings. The highest BCUT2D eigenvalue weighted by Gasteiger charge is 2.20. The summed E-state index contributed by atoms with van der Waals surface area (Å²) in [6.07, 6.45) is 3.76. The van der Waals surface area contributed by atoms with Crippen molar-refractivity contribution in [1.29, 1.82) is 0 Å². The van der Waals surface area contributed by atoms with Crippen LogP contribution in [0.4, 0.5) is 0 Å². The minimum Gasteiger partial charge on any atom is -0.309 e. The molecule has 0 fully saturated rings. The molecule has 0 aliphatic carbocycles. The lowest BCUT2D eigenvalue weighted by molar-refractivity contribution is 1.19. The van der Waals surface area contributed by atoms with Crippen LogP contribution in [-0.2, 0) is 0 Å². The quantitative estimate of drug-likeness (QED) is 0.151. The Labute approximate surface area is 364 Å². The first-order chi connectivity index (χ1) is 31.2. The van der Waals surface area contributed by atoms with Gasteiger partial charge in [0.1, 0.15) is 0 Å². The number of fused-ring (bicyclic) bond motifs is 7. The summed E-state index contributed by atoms with van der Waals surface area (Å²) in [6, 6.07) is 74.6. The maximum Gasteiger partial charge on any atom is 0.0899 e. The third kappa shape index (κ3) is 6.42. The molecule has 0 amide bonds. The molecule has 5 nitrogen and oxygen atoms in total. The molecule has 63 heavy (non-hydrogen) atoms. The van der Waals surface area contributed by atoms with E-state index in [0.29, 0.717) is 0 Å². The lowest BCUT2D eigenvalue weighted by Gasteiger charge is -2.15. The Morgan fingerprint density at radius 2 is 0.952 bits per heavy atom. The summed E-state index contributed by atoms with van der Waals surface area (Å²) in [6.45, 7) is 0. The summed E-state index contributed by atoms with van der Waals surface area (Å²) in [4.78, 5) is 20.2. The SMILES string of the molecule is c1ccc(-c2ccc(-c3cc(-c4ccc(-c5nc6ccccc6c6ccc7c8ccccc8n(-c8ccccc8)c7c56)cc4)cc(-c4ccc(-c5ccccn5)cc4)n3)nc2)cc1. The normalized spacial score (nSPS) is 11.5. The van der Waals surface area contributed by atoms with E-state index in [0.717, 1.165) is 94.9 Å². The first kappa shape index (κ1) is 36.3. The number of pyridine rings is 4. The molecule has 0 unspecified atom stereocenters. The van der Waals surface area contributed by atoms with Crippen molar-refractivity contribution in [1.82, 2.24) is 24.5 Å². The predicted octanol–water partition coefficient (Wildman–Crippen LogP) is 14.7. The van der Waals surface area contributed by atoms with Gasteiger partial charge in [0, 0.05) is 61.9 Å². The number of hydrogen-bond donors (Lipinski definition) is 0. The van der Waals surface area contributed by atoms with Crippen LogP contribution in [0.25, 0.3) is 117 Å². The van der Waals surface area contributed by atoms with Crippen molar-refractivity contribution in [2.75, 3.05) is 0 Å². The van der Waals surface area contributed by atoms with E-state index < -0.39 is 0 Å². The first-order valence-corrected chi connectivity index (χ1v) is 21.2. The molecule has 0 aliphatic rings. The topological polar surface area (TPSA) is 56.5 Å². The lowest BCUT2D eigenvalue weighted by atomic mass is 9.95. The molecule has 12 rings (SSSR count). The molecule has 0 saturated heterocycles. The molecule has 0 N–H and O–H groups in total. The van der Waals surface area contributed by atoms with Gasteiger partial charge in [0.25, 0.3) is 0 Å². The van der Waals surface area contributed by atoms with Crippen molar-refractivity contribution in [3.63, 3.8) is 0 Å². The van der Waals surface area contributed by atoms with E-state index in [-0.39, 0.29) is 0 Å². The summed E-state index contributed by atoms with van der Waals surface area (Å²) in [5.74, 6) is 0. The molecule has 0 atom stereocenters. The van der Waals surface area contributed by atoms with Gasteiger partial charge in [-0.3, -0.25) is 9.97 Å². The molecule has 0 radical (unpaired) electrons. The van der Waals surface area contributed by atoms with Crippen LogP contribution in [0.2, 0.25) is 0 Å². The number of benzene rings is 7. The van der Waals surface area contributed by atoms with E-state index in [4.69, 9.17) is 15.0 Å². The zero-order valence-corrected chi connectivity index (χ0v) is 34.1. The predicted molar refractivity (Wildman–Crippen MR) is 260 cm³/mol. The smallest absolute Gasteiger partial charge is 0.0899 e. The second kappa shape index (κ2) is 15.2. The largest absolute Gasteiger partial charge is 0.309 e. The van der Waals surface area contributed by atoms with E-state index in [1.165, 1.54) is 21.7 Å². The van der Waals surface area contributed by atoms with Crippen molar-refractivity contribution in [3.05, 3.63) is 225 Å². The van der Waals surface area contributed by atoms with E-state index >= 15 is 0 Å². The Hall–Kier alpha value is -8.54. The molecule has 0 bridgehead atoms. The summed E-state index contributed by atoms with van der Waals surface area (Å²) in [5.41, 5.74) is 16.2. The third-order valence-electron chi connectivity index (χ3n) is 12.1. The number of nitrogens with zero attached hydrogens (tertiary/aromatic N) is 5. The minimum absolute atomic E-state index is 0.804.